The van der Waals surface area contributed by atoms with Gasteiger partial charge < -0.3 is 33.8 Å². The van der Waals surface area contributed by atoms with E-state index in [0.29, 0.717) is 31.6 Å². The van der Waals surface area contributed by atoms with E-state index < -0.39 is 97.5 Å². The molecule has 17 nitrogen and oxygen atoms in total. The van der Waals surface area contributed by atoms with E-state index in [0.717, 1.165) is 114 Å². The lowest BCUT2D eigenvalue weighted by molar-refractivity contribution is -0.161. The number of unbranched alkanes of at least 4 members (excludes halogenated alkanes) is 43. The van der Waals surface area contributed by atoms with Gasteiger partial charge in [0.05, 0.1) is 26.4 Å². The molecule has 100 heavy (non-hydrogen) atoms. The number of hydrogen-bond acceptors (Lipinski definition) is 15. The number of carbonyl (C=O) groups excluding carboxylic acids is 4. The Morgan fingerprint density at radius 1 is 0.280 bits per heavy atom. The Morgan fingerprint density at radius 2 is 0.480 bits per heavy atom. The SMILES string of the molecule is CCC(C)CCCCCCCCCCCCCCCCC(=O)O[C@H](COC(=O)CCCCCCCCCCCCCCCCCC(C)C)COP(=O)(O)OC[C@@H](O)COP(=O)(O)OC[C@@H](COC(=O)CCCCCCCCC(C)C)OC(=O)CCCCCCCCCCCCCCC(C)C. The van der Waals surface area contributed by atoms with Crippen LogP contribution in [0.2, 0.25) is 0 Å². The second-order valence-corrected chi connectivity index (χ2v) is 33.7. The monoisotopic (exact) mass is 1470 g/mol. The predicted octanol–water partition coefficient (Wildman–Crippen LogP) is 24.0. The molecule has 0 spiro atoms. The van der Waals surface area contributed by atoms with E-state index in [4.69, 9.17) is 37.0 Å². The first-order valence-electron chi connectivity index (χ1n) is 41.7. The van der Waals surface area contributed by atoms with Crippen LogP contribution in [0.3, 0.4) is 0 Å². The maximum Gasteiger partial charge on any atom is 0.472 e. The van der Waals surface area contributed by atoms with Gasteiger partial charge in [0.1, 0.15) is 19.3 Å². The van der Waals surface area contributed by atoms with Crippen molar-refractivity contribution in [3.8, 4) is 0 Å². The number of ether oxygens (including phenoxy) is 4. The fourth-order valence-electron chi connectivity index (χ4n) is 12.4. The molecule has 0 saturated heterocycles. The quantitative estimate of drug-likeness (QED) is 0.0222. The smallest absolute Gasteiger partial charge is 0.462 e. The third-order valence-corrected chi connectivity index (χ3v) is 21.1. The van der Waals surface area contributed by atoms with Gasteiger partial charge in [-0.15, -0.1) is 0 Å². The molecule has 0 bridgehead atoms. The summed E-state index contributed by atoms with van der Waals surface area (Å²) in [5.41, 5.74) is 0. The molecule has 6 atom stereocenters. The van der Waals surface area contributed by atoms with Crippen LogP contribution in [0, 0.1) is 23.7 Å². The van der Waals surface area contributed by atoms with E-state index in [1.807, 2.05) is 0 Å². The minimum atomic E-state index is -4.96. The highest BCUT2D eigenvalue weighted by molar-refractivity contribution is 7.47. The highest BCUT2D eigenvalue weighted by Crippen LogP contribution is 2.45. The number of rotatable bonds is 78. The average Bonchev–Trinajstić information content (AvgIpc) is 1.00. The fraction of sp³-hybridized carbons (Fsp3) is 0.951. The van der Waals surface area contributed by atoms with Crippen molar-refractivity contribution in [1.82, 2.24) is 0 Å². The van der Waals surface area contributed by atoms with E-state index in [1.54, 1.807) is 0 Å². The van der Waals surface area contributed by atoms with Crippen LogP contribution in [0.1, 0.15) is 415 Å². The highest BCUT2D eigenvalue weighted by atomic mass is 31.2. The Labute approximate surface area is 613 Å². The van der Waals surface area contributed by atoms with Crippen molar-refractivity contribution in [2.75, 3.05) is 39.6 Å². The number of phosphoric acid groups is 2. The van der Waals surface area contributed by atoms with Gasteiger partial charge in [0.15, 0.2) is 12.2 Å². The molecule has 0 aromatic heterocycles. The van der Waals surface area contributed by atoms with Gasteiger partial charge in [-0.25, -0.2) is 9.13 Å². The third-order valence-electron chi connectivity index (χ3n) is 19.2. The summed E-state index contributed by atoms with van der Waals surface area (Å²) < 4.78 is 68.7. The molecular formula is C81H158O17P2. The van der Waals surface area contributed by atoms with Gasteiger partial charge >= 0.3 is 39.5 Å². The summed E-state index contributed by atoms with van der Waals surface area (Å²) in [5.74, 6) is 0.993. The van der Waals surface area contributed by atoms with Crippen molar-refractivity contribution in [3.63, 3.8) is 0 Å². The van der Waals surface area contributed by atoms with Crippen LogP contribution in [-0.4, -0.2) is 96.7 Å². The summed E-state index contributed by atoms with van der Waals surface area (Å²) >= 11 is 0. The van der Waals surface area contributed by atoms with Crippen molar-refractivity contribution < 1.29 is 80.2 Å². The van der Waals surface area contributed by atoms with Crippen LogP contribution in [-0.2, 0) is 65.4 Å². The van der Waals surface area contributed by atoms with Gasteiger partial charge in [-0.2, -0.15) is 0 Å². The summed E-state index contributed by atoms with van der Waals surface area (Å²) in [7, 11) is -9.92. The lowest BCUT2D eigenvalue weighted by Crippen LogP contribution is -2.30. The Morgan fingerprint density at radius 3 is 0.710 bits per heavy atom. The second-order valence-electron chi connectivity index (χ2n) is 30.8. The molecule has 0 aromatic rings. The Bertz CT molecular complexity index is 1960. The molecule has 0 aliphatic carbocycles. The van der Waals surface area contributed by atoms with Crippen LogP contribution >= 0.6 is 15.6 Å². The van der Waals surface area contributed by atoms with Gasteiger partial charge in [-0.1, -0.05) is 364 Å². The van der Waals surface area contributed by atoms with E-state index in [9.17, 15) is 43.2 Å². The topological polar surface area (TPSA) is 237 Å². The summed E-state index contributed by atoms with van der Waals surface area (Å²) in [6, 6.07) is 0. The lowest BCUT2D eigenvalue weighted by Gasteiger charge is -2.21. The standard InChI is InChI=1S/C81H158O17P2/c1-9-74(8)60-52-44-35-29-23-16-13-14-18-25-31-37-47-55-63-80(85)97-76(67-91-78(83)61-53-45-36-30-24-17-12-10-11-15-21-27-33-41-49-57-71(2)3)69-95-99(87,88)93-65-75(82)66-94-100(89,90)96-70-77(68-92-79(84)62-54-46-40-39-43-51-59-73(6)7)98-81(86)64-56-48-38-32-26-20-19-22-28-34-42-50-58-72(4)5/h71-77,82H,9-70H2,1-8H3,(H,87,88)(H,89,90)/t74?,75-,76-,77-/m1/s1. The van der Waals surface area contributed by atoms with Crippen LogP contribution in [0.4, 0.5) is 0 Å². The Hall–Kier alpha value is -1.94. The zero-order valence-corrected chi connectivity index (χ0v) is 67.6. The molecule has 0 heterocycles. The number of phosphoric ester groups is 2. The molecule has 0 radical (unpaired) electrons. The molecule has 3 N–H and O–H groups in total. The second kappa shape index (κ2) is 70.1. The summed E-state index contributed by atoms with van der Waals surface area (Å²) in [6.07, 6.45) is 57.0. The maximum absolute atomic E-state index is 13.1. The molecule has 19 heteroatoms. The van der Waals surface area contributed by atoms with Crippen LogP contribution in [0.5, 0.6) is 0 Å². The third kappa shape index (κ3) is 73.0. The van der Waals surface area contributed by atoms with E-state index in [-0.39, 0.29) is 25.7 Å². The number of aliphatic hydroxyl groups is 1. The number of carbonyl (C=O) groups is 4. The summed E-state index contributed by atoms with van der Waals surface area (Å²) in [4.78, 5) is 73.0. The number of esters is 4. The molecule has 0 aromatic carbocycles. The molecule has 0 aliphatic rings. The molecule has 0 saturated carbocycles. The van der Waals surface area contributed by atoms with E-state index in [1.165, 1.54) is 212 Å². The van der Waals surface area contributed by atoms with E-state index >= 15 is 0 Å². The van der Waals surface area contributed by atoms with Gasteiger partial charge in [-0.3, -0.25) is 37.3 Å². The van der Waals surface area contributed by atoms with Gasteiger partial charge in [0.25, 0.3) is 0 Å². The molecule has 3 unspecified atom stereocenters. The number of aliphatic hydroxyl groups excluding tert-OH is 1. The van der Waals surface area contributed by atoms with Crippen molar-refractivity contribution >= 4 is 39.5 Å². The summed E-state index contributed by atoms with van der Waals surface area (Å²) in [6.45, 7) is 14.3. The van der Waals surface area contributed by atoms with Crippen molar-refractivity contribution in [1.29, 1.82) is 0 Å². The van der Waals surface area contributed by atoms with E-state index in [2.05, 4.69) is 55.4 Å². The fourth-order valence-corrected chi connectivity index (χ4v) is 14.0. The molecule has 0 aliphatic heterocycles. The van der Waals surface area contributed by atoms with Crippen molar-refractivity contribution in [3.05, 3.63) is 0 Å². The Kier molecular flexibility index (Phi) is 68.7. The molecular weight excluding hydrogens is 1310 g/mol. The minimum Gasteiger partial charge on any atom is -0.462 e. The first-order valence-corrected chi connectivity index (χ1v) is 44.7. The van der Waals surface area contributed by atoms with Crippen LogP contribution in [0.15, 0.2) is 0 Å². The largest absolute Gasteiger partial charge is 0.472 e. The molecule has 594 valence electrons. The van der Waals surface area contributed by atoms with Gasteiger partial charge in [-0.05, 0) is 49.4 Å². The van der Waals surface area contributed by atoms with Crippen molar-refractivity contribution in [2.24, 2.45) is 23.7 Å². The van der Waals surface area contributed by atoms with Gasteiger partial charge in [0.2, 0.25) is 0 Å². The average molecular weight is 1470 g/mol. The van der Waals surface area contributed by atoms with Crippen molar-refractivity contribution in [2.45, 2.75) is 433 Å². The molecule has 0 rings (SSSR count). The first-order chi connectivity index (χ1) is 48.1. The highest BCUT2D eigenvalue weighted by Gasteiger charge is 2.30. The predicted molar refractivity (Wildman–Crippen MR) is 409 cm³/mol. The maximum atomic E-state index is 13.1. The molecule has 0 fully saturated rings. The normalized spacial score (nSPS) is 14.3. The van der Waals surface area contributed by atoms with Crippen LogP contribution in [0.25, 0.3) is 0 Å². The number of hydrogen-bond donors (Lipinski definition) is 3. The minimum absolute atomic E-state index is 0.106. The first kappa shape index (κ1) is 98.1. The lowest BCUT2D eigenvalue weighted by atomic mass is 9.99. The zero-order valence-electron chi connectivity index (χ0n) is 65.8. The van der Waals surface area contributed by atoms with Crippen LogP contribution < -0.4 is 0 Å². The molecule has 0 amide bonds. The summed E-state index contributed by atoms with van der Waals surface area (Å²) in [5, 5.41) is 10.6. The Balaban J connectivity index is 5.24. The zero-order chi connectivity index (χ0) is 73.8. The van der Waals surface area contributed by atoms with Gasteiger partial charge in [0, 0.05) is 25.7 Å².